The van der Waals surface area contributed by atoms with Crippen molar-refractivity contribution < 1.29 is 13.0 Å². The molecule has 0 amide bonds. The van der Waals surface area contributed by atoms with Crippen molar-refractivity contribution in [3.05, 3.63) is 138 Å². The molecule has 0 radical (unpaired) electrons. The summed E-state index contributed by atoms with van der Waals surface area (Å²) < 4.78 is 29.6. The summed E-state index contributed by atoms with van der Waals surface area (Å²) in [5.41, 5.74) is 12.9. The standard InChI is InChI=1S/C32H25N.C7H8O3S/c33-19-9-18-28-29-24-14-5-1-10-20(24)22-12-3-7-16-26(22)31(29)32-27-17-8-4-13-23(27)21-11-2-6-15-25(21)30(28)32;1-6-2-4-7(5-3-6)11(8,9)10/h1-8,10-17,28H,9,18-19,33H2;2-5H,1H3,(H,8,9,10). The van der Waals surface area contributed by atoms with E-state index in [1.165, 1.54) is 77.5 Å². The quantitative estimate of drug-likeness (QED) is 0.157. The summed E-state index contributed by atoms with van der Waals surface area (Å²) in [4.78, 5) is -0.0666. The molecule has 218 valence electrons. The van der Waals surface area contributed by atoms with Crippen LogP contribution in [0.5, 0.6) is 0 Å². The Bertz CT molecular complexity index is 2180. The van der Waals surface area contributed by atoms with Crippen molar-refractivity contribution in [2.45, 2.75) is 30.6 Å². The second kappa shape index (κ2) is 11.2. The Balaban J connectivity index is 0.000000242. The minimum atomic E-state index is -4.02. The largest absolute Gasteiger partial charge is 0.330 e. The molecule has 7 aromatic rings. The van der Waals surface area contributed by atoms with Gasteiger partial charge in [0.15, 0.2) is 0 Å². The van der Waals surface area contributed by atoms with Crippen molar-refractivity contribution >= 4 is 53.2 Å². The van der Waals surface area contributed by atoms with Gasteiger partial charge in [0.1, 0.15) is 0 Å². The molecule has 1 aliphatic carbocycles. The summed E-state index contributed by atoms with van der Waals surface area (Å²) in [7, 11) is -4.02. The first kappa shape index (κ1) is 28.2. The van der Waals surface area contributed by atoms with E-state index in [-0.39, 0.29) is 4.90 Å². The van der Waals surface area contributed by atoms with Gasteiger partial charge < -0.3 is 5.73 Å². The number of benzene rings is 7. The number of hydrogen-bond acceptors (Lipinski definition) is 3. The van der Waals surface area contributed by atoms with Crippen molar-refractivity contribution in [1.29, 1.82) is 0 Å². The van der Waals surface area contributed by atoms with Gasteiger partial charge in [-0.15, -0.1) is 0 Å². The SMILES string of the molecule is Cc1ccc(S(=O)(=O)O)cc1.NCCCC1c2c(c3ccccc3c3ccccc23)-c2c1c1ccccc1c1ccccc21. The lowest BCUT2D eigenvalue weighted by Gasteiger charge is -2.18. The maximum atomic E-state index is 10.5. The lowest BCUT2D eigenvalue weighted by Crippen LogP contribution is -2.04. The average molecular weight is 596 g/mol. The maximum absolute atomic E-state index is 10.5. The molecule has 44 heavy (non-hydrogen) atoms. The predicted octanol–water partition coefficient (Wildman–Crippen LogP) is 9.39. The van der Waals surface area contributed by atoms with E-state index >= 15 is 0 Å². The Hall–Kier alpha value is -4.55. The van der Waals surface area contributed by atoms with E-state index in [0.717, 1.165) is 24.9 Å². The fourth-order valence-corrected chi connectivity index (χ4v) is 7.54. The molecular weight excluding hydrogens is 563 g/mol. The molecule has 0 saturated heterocycles. The number of aryl methyl sites for hydroxylation is 1. The van der Waals surface area contributed by atoms with Crippen molar-refractivity contribution in [2.24, 2.45) is 5.73 Å². The summed E-state index contributed by atoms with van der Waals surface area (Å²) >= 11 is 0. The van der Waals surface area contributed by atoms with Crippen molar-refractivity contribution in [2.75, 3.05) is 6.54 Å². The molecule has 0 saturated carbocycles. The minimum absolute atomic E-state index is 0.0666. The first-order valence-corrected chi connectivity index (χ1v) is 16.4. The van der Waals surface area contributed by atoms with E-state index in [2.05, 4.69) is 97.1 Å². The lowest BCUT2D eigenvalue weighted by atomic mass is 9.85. The van der Waals surface area contributed by atoms with E-state index in [9.17, 15) is 8.42 Å². The topological polar surface area (TPSA) is 80.4 Å². The van der Waals surface area contributed by atoms with Crippen LogP contribution in [0.2, 0.25) is 0 Å². The van der Waals surface area contributed by atoms with Crippen LogP contribution in [0.25, 0.3) is 54.2 Å². The zero-order valence-corrected chi connectivity index (χ0v) is 25.3. The monoisotopic (exact) mass is 595 g/mol. The molecule has 0 heterocycles. The van der Waals surface area contributed by atoms with Crippen LogP contribution in [0.4, 0.5) is 0 Å². The van der Waals surface area contributed by atoms with Crippen LogP contribution in [0.1, 0.15) is 35.4 Å². The summed E-state index contributed by atoms with van der Waals surface area (Å²) in [6.45, 7) is 2.56. The Morgan fingerprint density at radius 2 is 0.932 bits per heavy atom. The second-order valence-corrected chi connectivity index (χ2v) is 13.0. The van der Waals surface area contributed by atoms with Gasteiger partial charge in [0, 0.05) is 5.92 Å². The van der Waals surface area contributed by atoms with Crippen LogP contribution in [-0.4, -0.2) is 19.5 Å². The Labute approximate surface area is 257 Å². The summed E-state index contributed by atoms with van der Waals surface area (Å²) in [5.74, 6) is 0.350. The highest BCUT2D eigenvalue weighted by Gasteiger charge is 2.35. The number of hydrogen-bond donors (Lipinski definition) is 2. The van der Waals surface area contributed by atoms with Crippen molar-refractivity contribution in [3.8, 4) is 11.1 Å². The third-order valence-electron chi connectivity index (χ3n) is 8.91. The van der Waals surface area contributed by atoms with Crippen LogP contribution in [-0.2, 0) is 10.1 Å². The second-order valence-electron chi connectivity index (χ2n) is 11.5. The molecule has 0 aliphatic heterocycles. The average Bonchev–Trinajstić information content (AvgIpc) is 3.40. The predicted molar refractivity (Wildman–Crippen MR) is 183 cm³/mol. The number of fused-ring (bicyclic) bond motifs is 13. The molecule has 0 spiro atoms. The molecule has 7 aromatic carbocycles. The van der Waals surface area contributed by atoms with E-state index in [0.29, 0.717) is 5.92 Å². The molecule has 0 bridgehead atoms. The first-order valence-electron chi connectivity index (χ1n) is 15.0. The summed E-state index contributed by atoms with van der Waals surface area (Å²) in [5, 5.41) is 10.9. The number of rotatable bonds is 4. The van der Waals surface area contributed by atoms with Gasteiger partial charge in [-0.25, -0.2) is 0 Å². The molecule has 0 fully saturated rings. The highest BCUT2D eigenvalue weighted by Crippen LogP contribution is 2.57. The Morgan fingerprint density at radius 1 is 0.568 bits per heavy atom. The van der Waals surface area contributed by atoms with Gasteiger partial charge >= 0.3 is 0 Å². The van der Waals surface area contributed by atoms with Gasteiger partial charge in [-0.05, 0) is 104 Å². The van der Waals surface area contributed by atoms with Gasteiger partial charge in [-0.2, -0.15) is 8.42 Å². The van der Waals surface area contributed by atoms with Gasteiger partial charge in [0.25, 0.3) is 10.1 Å². The smallest absolute Gasteiger partial charge is 0.294 e. The minimum Gasteiger partial charge on any atom is -0.330 e. The summed E-state index contributed by atoms with van der Waals surface area (Å²) in [6.07, 6.45) is 2.09. The van der Waals surface area contributed by atoms with Crippen LogP contribution in [0.15, 0.2) is 126 Å². The van der Waals surface area contributed by atoms with E-state index in [1.54, 1.807) is 12.1 Å². The molecule has 5 heteroatoms. The molecule has 4 nitrogen and oxygen atoms in total. The maximum Gasteiger partial charge on any atom is 0.294 e. The fraction of sp³-hybridized carbons (Fsp3) is 0.128. The Morgan fingerprint density at radius 3 is 1.32 bits per heavy atom. The third kappa shape index (κ3) is 4.65. The molecule has 3 N–H and O–H groups in total. The molecule has 0 atom stereocenters. The van der Waals surface area contributed by atoms with Gasteiger partial charge in [0.05, 0.1) is 4.90 Å². The van der Waals surface area contributed by atoms with E-state index in [1.807, 2.05) is 6.92 Å². The van der Waals surface area contributed by atoms with E-state index < -0.39 is 10.1 Å². The molecule has 8 rings (SSSR count). The highest BCUT2D eigenvalue weighted by atomic mass is 32.2. The van der Waals surface area contributed by atoms with Gasteiger partial charge in [-0.3, -0.25) is 4.55 Å². The molecule has 0 aromatic heterocycles. The molecule has 1 aliphatic rings. The zero-order chi connectivity index (χ0) is 30.4. The first-order chi connectivity index (χ1) is 21.4. The normalized spacial score (nSPS) is 12.8. The molecular formula is C39H33NO3S. The van der Waals surface area contributed by atoms with Crippen LogP contribution < -0.4 is 5.73 Å². The van der Waals surface area contributed by atoms with E-state index in [4.69, 9.17) is 10.3 Å². The highest BCUT2D eigenvalue weighted by molar-refractivity contribution is 7.85. The van der Waals surface area contributed by atoms with Gasteiger partial charge in [0.2, 0.25) is 0 Å². The van der Waals surface area contributed by atoms with Crippen LogP contribution in [0, 0.1) is 6.92 Å². The third-order valence-corrected chi connectivity index (χ3v) is 9.78. The lowest BCUT2D eigenvalue weighted by molar-refractivity contribution is 0.483. The van der Waals surface area contributed by atoms with Crippen LogP contribution in [0.3, 0.4) is 0 Å². The van der Waals surface area contributed by atoms with Crippen molar-refractivity contribution in [1.82, 2.24) is 0 Å². The summed E-state index contributed by atoms with van der Waals surface area (Å²) in [6, 6.07) is 41.9. The zero-order valence-electron chi connectivity index (χ0n) is 24.5. The van der Waals surface area contributed by atoms with Crippen LogP contribution >= 0.6 is 0 Å². The van der Waals surface area contributed by atoms with Gasteiger partial charge in [-0.1, -0.05) is 115 Å². The number of nitrogens with two attached hydrogens (primary N) is 1. The molecule has 0 unspecified atom stereocenters. The van der Waals surface area contributed by atoms with Crippen molar-refractivity contribution in [3.63, 3.8) is 0 Å². The fourth-order valence-electron chi connectivity index (χ4n) is 7.06. The Kier molecular flexibility index (Phi) is 7.17.